The second-order valence-electron chi connectivity index (χ2n) is 2.15. The Morgan fingerprint density at radius 3 is 2.58 bits per heavy atom. The van der Waals surface area contributed by atoms with Gasteiger partial charge in [-0.05, 0) is 12.1 Å². The topological polar surface area (TPSA) is 9.23 Å². The number of benzene rings is 1. The monoisotopic (exact) mass is 190 g/mol. The summed E-state index contributed by atoms with van der Waals surface area (Å²) in [7, 11) is 0. The van der Waals surface area contributed by atoms with Crippen LogP contribution in [0.4, 0.5) is 8.78 Å². The SMILES string of the molecule is Fc1ccc(OCCS)cc1F. The zero-order valence-electron chi connectivity index (χ0n) is 6.26. The van der Waals surface area contributed by atoms with E-state index >= 15 is 0 Å². The van der Waals surface area contributed by atoms with Crippen LogP contribution in [0.3, 0.4) is 0 Å². The molecule has 0 bridgehead atoms. The summed E-state index contributed by atoms with van der Waals surface area (Å²) in [6.45, 7) is 0.383. The minimum atomic E-state index is -0.897. The van der Waals surface area contributed by atoms with Gasteiger partial charge in [0.2, 0.25) is 0 Å². The van der Waals surface area contributed by atoms with Gasteiger partial charge in [-0.25, -0.2) is 8.78 Å². The molecule has 0 aliphatic carbocycles. The Labute approximate surface area is 74.8 Å². The number of rotatable bonds is 3. The van der Waals surface area contributed by atoms with Gasteiger partial charge in [-0.3, -0.25) is 0 Å². The lowest BCUT2D eigenvalue weighted by atomic mass is 10.3. The van der Waals surface area contributed by atoms with Crippen molar-refractivity contribution in [3.05, 3.63) is 29.8 Å². The number of hydrogen-bond donors (Lipinski definition) is 1. The number of ether oxygens (including phenoxy) is 1. The molecule has 0 amide bonds. The fourth-order valence-corrected chi connectivity index (χ4v) is 0.821. The van der Waals surface area contributed by atoms with E-state index in [0.717, 1.165) is 12.1 Å². The highest BCUT2D eigenvalue weighted by molar-refractivity contribution is 7.80. The third kappa shape index (κ3) is 2.37. The molecular weight excluding hydrogens is 182 g/mol. The first kappa shape index (κ1) is 9.32. The molecule has 1 rings (SSSR count). The molecule has 4 heteroatoms. The minimum absolute atomic E-state index is 0.322. The summed E-state index contributed by atoms with van der Waals surface area (Å²) in [5.41, 5.74) is 0. The number of hydrogen-bond acceptors (Lipinski definition) is 2. The highest BCUT2D eigenvalue weighted by Gasteiger charge is 2.01. The number of halogens is 2. The second-order valence-corrected chi connectivity index (χ2v) is 2.60. The van der Waals surface area contributed by atoms with Gasteiger partial charge in [0.25, 0.3) is 0 Å². The van der Waals surface area contributed by atoms with Crippen molar-refractivity contribution in [2.45, 2.75) is 0 Å². The molecule has 0 heterocycles. The Hall–Kier alpha value is -0.770. The normalized spacial score (nSPS) is 9.92. The average molecular weight is 190 g/mol. The van der Waals surface area contributed by atoms with E-state index in [2.05, 4.69) is 12.6 Å². The molecule has 0 fully saturated rings. The predicted molar refractivity (Wildman–Crippen MR) is 45.7 cm³/mol. The van der Waals surface area contributed by atoms with Gasteiger partial charge in [0, 0.05) is 11.8 Å². The smallest absolute Gasteiger partial charge is 0.162 e. The van der Waals surface area contributed by atoms with Gasteiger partial charge in [-0.15, -0.1) is 0 Å². The fraction of sp³-hybridized carbons (Fsp3) is 0.250. The summed E-state index contributed by atoms with van der Waals surface area (Å²) < 4.78 is 29.9. The zero-order valence-corrected chi connectivity index (χ0v) is 7.15. The zero-order chi connectivity index (χ0) is 8.97. The molecule has 0 radical (unpaired) electrons. The lowest BCUT2D eigenvalue weighted by Crippen LogP contribution is -1.98. The number of thiol groups is 1. The van der Waals surface area contributed by atoms with E-state index in [1.54, 1.807) is 0 Å². The van der Waals surface area contributed by atoms with Crippen LogP contribution in [0.15, 0.2) is 18.2 Å². The van der Waals surface area contributed by atoms with Gasteiger partial charge < -0.3 is 4.74 Å². The Morgan fingerprint density at radius 1 is 1.25 bits per heavy atom. The maximum atomic E-state index is 12.5. The Kier molecular flexibility index (Phi) is 3.34. The van der Waals surface area contributed by atoms with Crippen LogP contribution < -0.4 is 4.74 Å². The first-order valence-electron chi connectivity index (χ1n) is 3.43. The second kappa shape index (κ2) is 4.30. The Bertz CT molecular complexity index is 265. The summed E-state index contributed by atoms with van der Waals surface area (Å²) in [5.74, 6) is -0.901. The molecule has 1 nitrogen and oxygen atoms in total. The van der Waals surface area contributed by atoms with Crippen molar-refractivity contribution in [3.63, 3.8) is 0 Å². The van der Waals surface area contributed by atoms with E-state index in [4.69, 9.17) is 4.74 Å². The molecule has 0 spiro atoms. The summed E-state index contributed by atoms with van der Waals surface area (Å²) in [5, 5.41) is 0. The average Bonchev–Trinajstić information content (AvgIpc) is 2.07. The maximum absolute atomic E-state index is 12.5. The molecule has 0 atom stereocenters. The van der Waals surface area contributed by atoms with Crippen LogP contribution in [0.1, 0.15) is 0 Å². The van der Waals surface area contributed by atoms with Crippen LogP contribution in [0.25, 0.3) is 0 Å². The summed E-state index contributed by atoms with van der Waals surface area (Å²) in [4.78, 5) is 0. The highest BCUT2D eigenvalue weighted by atomic mass is 32.1. The maximum Gasteiger partial charge on any atom is 0.162 e. The molecule has 0 N–H and O–H groups in total. The van der Waals surface area contributed by atoms with Crippen LogP contribution in [0, 0.1) is 11.6 Å². The molecule has 0 aromatic heterocycles. The van der Waals surface area contributed by atoms with Gasteiger partial charge in [0.05, 0.1) is 6.61 Å². The van der Waals surface area contributed by atoms with Crippen molar-refractivity contribution in [2.75, 3.05) is 12.4 Å². The third-order valence-corrected chi connectivity index (χ3v) is 1.43. The van der Waals surface area contributed by atoms with Gasteiger partial charge in [0.1, 0.15) is 5.75 Å². The first-order valence-corrected chi connectivity index (χ1v) is 4.06. The molecule has 66 valence electrons. The first-order chi connectivity index (χ1) is 5.74. The fourth-order valence-electron chi connectivity index (χ4n) is 0.730. The van der Waals surface area contributed by atoms with Crippen molar-refractivity contribution < 1.29 is 13.5 Å². The van der Waals surface area contributed by atoms with Crippen LogP contribution in [-0.4, -0.2) is 12.4 Å². The van der Waals surface area contributed by atoms with Crippen molar-refractivity contribution >= 4 is 12.6 Å². The van der Waals surface area contributed by atoms with E-state index < -0.39 is 11.6 Å². The summed E-state index contributed by atoms with van der Waals surface area (Å²) in [6.07, 6.45) is 0. The van der Waals surface area contributed by atoms with Crippen LogP contribution in [0.5, 0.6) is 5.75 Å². The third-order valence-electron chi connectivity index (χ3n) is 1.25. The largest absolute Gasteiger partial charge is 0.493 e. The van der Waals surface area contributed by atoms with Crippen molar-refractivity contribution in [1.82, 2.24) is 0 Å². The summed E-state index contributed by atoms with van der Waals surface area (Å²) in [6, 6.07) is 3.42. The highest BCUT2D eigenvalue weighted by Crippen LogP contribution is 2.14. The van der Waals surface area contributed by atoms with Crippen molar-refractivity contribution in [1.29, 1.82) is 0 Å². The molecule has 0 aliphatic rings. The lowest BCUT2D eigenvalue weighted by Gasteiger charge is -2.03. The molecule has 0 saturated heterocycles. The Balaban J connectivity index is 2.69. The predicted octanol–water partition coefficient (Wildman–Crippen LogP) is 2.27. The molecule has 1 aromatic rings. The van der Waals surface area contributed by atoms with Crippen LogP contribution in [0.2, 0.25) is 0 Å². The standard InChI is InChI=1S/C8H8F2OS/c9-7-2-1-6(5-8(7)10)11-3-4-12/h1-2,5,12H,3-4H2. The molecule has 0 unspecified atom stereocenters. The van der Waals surface area contributed by atoms with E-state index in [9.17, 15) is 8.78 Å². The molecule has 0 aliphatic heterocycles. The van der Waals surface area contributed by atoms with Gasteiger partial charge in [-0.1, -0.05) is 0 Å². The molecular formula is C8H8F2OS. The van der Waals surface area contributed by atoms with Crippen LogP contribution >= 0.6 is 12.6 Å². The van der Waals surface area contributed by atoms with Gasteiger partial charge in [-0.2, -0.15) is 12.6 Å². The van der Waals surface area contributed by atoms with Gasteiger partial charge in [0.15, 0.2) is 11.6 Å². The van der Waals surface area contributed by atoms with Crippen molar-refractivity contribution in [3.8, 4) is 5.75 Å². The summed E-state index contributed by atoms with van der Waals surface area (Å²) >= 11 is 3.90. The van der Waals surface area contributed by atoms with E-state index in [0.29, 0.717) is 18.1 Å². The Morgan fingerprint density at radius 2 is 2.00 bits per heavy atom. The molecule has 12 heavy (non-hydrogen) atoms. The quantitative estimate of drug-likeness (QED) is 0.719. The molecule has 0 saturated carbocycles. The van der Waals surface area contributed by atoms with E-state index in [-0.39, 0.29) is 0 Å². The van der Waals surface area contributed by atoms with Gasteiger partial charge >= 0.3 is 0 Å². The lowest BCUT2D eigenvalue weighted by molar-refractivity contribution is 0.340. The van der Waals surface area contributed by atoms with E-state index in [1.165, 1.54) is 6.07 Å². The van der Waals surface area contributed by atoms with Crippen molar-refractivity contribution in [2.24, 2.45) is 0 Å². The van der Waals surface area contributed by atoms with E-state index in [1.807, 2.05) is 0 Å². The van der Waals surface area contributed by atoms with Crippen LogP contribution in [-0.2, 0) is 0 Å². The molecule has 1 aromatic carbocycles. The minimum Gasteiger partial charge on any atom is -0.493 e.